The van der Waals surface area contributed by atoms with E-state index < -0.39 is 46.7 Å². The fourth-order valence-corrected chi connectivity index (χ4v) is 1.27. The molecular weight excluding hydrogens is 259 g/mol. The molecule has 0 saturated carbocycles. The van der Waals surface area contributed by atoms with E-state index in [0.717, 1.165) is 12.1 Å². The highest BCUT2D eigenvalue weighted by atomic mass is 19.1. The van der Waals surface area contributed by atoms with Gasteiger partial charge in [-0.15, -0.1) is 0 Å². The number of hydrogen-bond acceptors (Lipinski definition) is 5. The first-order valence-corrected chi connectivity index (χ1v) is 5.31. The van der Waals surface area contributed by atoms with E-state index in [2.05, 4.69) is 5.32 Å². The third-order valence-corrected chi connectivity index (χ3v) is 2.52. The Labute approximate surface area is 107 Å². The van der Waals surface area contributed by atoms with Gasteiger partial charge in [0.2, 0.25) is 0 Å². The number of hydrogen-bond donors (Lipinski definition) is 3. The van der Waals surface area contributed by atoms with E-state index in [1.165, 1.54) is 6.92 Å². The van der Waals surface area contributed by atoms with Gasteiger partial charge in [0, 0.05) is 6.07 Å². The zero-order valence-electron chi connectivity index (χ0n) is 10.1. The molecule has 0 spiro atoms. The molecule has 0 aliphatic carbocycles. The summed E-state index contributed by atoms with van der Waals surface area (Å²) in [6, 6.07) is 2.59. The van der Waals surface area contributed by atoms with Crippen molar-refractivity contribution >= 4 is 11.6 Å². The van der Waals surface area contributed by atoms with Crippen molar-refractivity contribution in [1.82, 2.24) is 5.32 Å². The number of nitrogens with zero attached hydrogens (tertiary/aromatic N) is 1. The van der Waals surface area contributed by atoms with Crippen LogP contribution in [-0.4, -0.2) is 39.8 Å². The number of aliphatic hydroxyl groups excluding tert-OH is 2. The van der Waals surface area contributed by atoms with Crippen molar-refractivity contribution in [2.45, 2.75) is 12.5 Å². The van der Waals surface area contributed by atoms with Crippen LogP contribution in [0.2, 0.25) is 0 Å². The molecule has 1 rings (SSSR count). The Hall–Kier alpha value is -2.06. The molecule has 0 unspecified atom stereocenters. The molecule has 0 aliphatic heterocycles. The zero-order chi connectivity index (χ0) is 14.6. The lowest BCUT2D eigenvalue weighted by Gasteiger charge is -2.26. The summed E-state index contributed by atoms with van der Waals surface area (Å²) < 4.78 is 13.6. The van der Waals surface area contributed by atoms with Crippen molar-refractivity contribution in [2.24, 2.45) is 0 Å². The Balaban J connectivity index is 2.98. The minimum absolute atomic E-state index is 0.404. The summed E-state index contributed by atoms with van der Waals surface area (Å²) in [6.07, 6.45) is 0. The molecule has 8 heteroatoms. The third kappa shape index (κ3) is 3.46. The van der Waals surface area contributed by atoms with E-state index in [4.69, 9.17) is 10.2 Å². The maximum atomic E-state index is 13.6. The number of carbonyl (C=O) groups is 1. The smallest absolute Gasteiger partial charge is 0.272 e. The number of non-ortho nitro benzene ring substituents is 1. The largest absolute Gasteiger partial charge is 0.394 e. The monoisotopic (exact) mass is 272 g/mol. The Morgan fingerprint density at radius 1 is 1.47 bits per heavy atom. The molecule has 7 nitrogen and oxygen atoms in total. The molecule has 0 aliphatic rings. The standard InChI is InChI=1S/C11H13FN2O5/c1-11(5-15,6-16)13-10(17)8-3-2-7(14(18)19)4-9(8)12/h2-4,15-16H,5-6H2,1H3,(H,13,17). The SMILES string of the molecule is CC(CO)(CO)NC(=O)c1ccc([N+](=O)[O-])cc1F. The number of carbonyl (C=O) groups excluding carboxylic acids is 1. The first kappa shape index (κ1) is 15.0. The summed E-state index contributed by atoms with van der Waals surface area (Å²) in [5.41, 5.74) is -2.18. The molecule has 0 aromatic heterocycles. The Bertz CT molecular complexity index is 502. The van der Waals surface area contributed by atoms with Crippen LogP contribution in [0.4, 0.5) is 10.1 Å². The second-order valence-corrected chi connectivity index (χ2v) is 4.25. The van der Waals surface area contributed by atoms with Crippen LogP contribution in [0, 0.1) is 15.9 Å². The minimum Gasteiger partial charge on any atom is -0.394 e. The predicted octanol–water partition coefficient (Wildman–Crippen LogP) is 0.207. The molecular formula is C11H13FN2O5. The lowest BCUT2D eigenvalue weighted by Crippen LogP contribution is -2.51. The molecule has 0 bridgehead atoms. The van der Waals surface area contributed by atoms with Gasteiger partial charge in [-0.2, -0.15) is 0 Å². The van der Waals surface area contributed by atoms with Crippen molar-refractivity contribution in [3.8, 4) is 0 Å². The normalized spacial score (nSPS) is 11.2. The average molecular weight is 272 g/mol. The molecule has 0 radical (unpaired) electrons. The maximum absolute atomic E-state index is 13.6. The van der Waals surface area contributed by atoms with Crippen molar-refractivity contribution in [3.63, 3.8) is 0 Å². The van der Waals surface area contributed by atoms with Crippen LogP contribution in [0.25, 0.3) is 0 Å². The second-order valence-electron chi connectivity index (χ2n) is 4.25. The highest BCUT2D eigenvalue weighted by Crippen LogP contribution is 2.17. The summed E-state index contributed by atoms with van der Waals surface area (Å²) in [7, 11) is 0. The van der Waals surface area contributed by atoms with E-state index in [1.807, 2.05) is 0 Å². The van der Waals surface area contributed by atoms with Crippen molar-refractivity contribution < 1.29 is 24.3 Å². The van der Waals surface area contributed by atoms with E-state index in [9.17, 15) is 19.3 Å². The van der Waals surface area contributed by atoms with Gasteiger partial charge in [-0.25, -0.2) is 4.39 Å². The Kier molecular flexibility index (Phi) is 4.52. The fraction of sp³-hybridized carbons (Fsp3) is 0.364. The van der Waals surface area contributed by atoms with E-state index in [1.54, 1.807) is 0 Å². The Morgan fingerprint density at radius 2 is 2.05 bits per heavy atom. The van der Waals surface area contributed by atoms with Gasteiger partial charge < -0.3 is 15.5 Å². The van der Waals surface area contributed by atoms with Crippen LogP contribution < -0.4 is 5.32 Å². The van der Waals surface area contributed by atoms with Crippen LogP contribution in [0.1, 0.15) is 17.3 Å². The van der Waals surface area contributed by atoms with Gasteiger partial charge in [-0.05, 0) is 13.0 Å². The Morgan fingerprint density at radius 3 is 2.47 bits per heavy atom. The van der Waals surface area contributed by atoms with Crippen LogP contribution in [-0.2, 0) is 0 Å². The number of benzene rings is 1. The van der Waals surface area contributed by atoms with Gasteiger partial charge in [-0.1, -0.05) is 0 Å². The lowest BCUT2D eigenvalue weighted by atomic mass is 10.0. The molecule has 3 N–H and O–H groups in total. The lowest BCUT2D eigenvalue weighted by molar-refractivity contribution is -0.385. The fourth-order valence-electron chi connectivity index (χ4n) is 1.27. The van der Waals surface area contributed by atoms with E-state index in [0.29, 0.717) is 6.07 Å². The summed E-state index contributed by atoms with van der Waals surface area (Å²) >= 11 is 0. The molecule has 1 aromatic carbocycles. The first-order valence-electron chi connectivity index (χ1n) is 5.31. The number of amides is 1. The molecule has 104 valence electrons. The minimum atomic E-state index is -1.30. The van der Waals surface area contributed by atoms with Gasteiger partial charge in [0.15, 0.2) is 0 Å². The van der Waals surface area contributed by atoms with Crippen molar-refractivity contribution in [3.05, 3.63) is 39.7 Å². The average Bonchev–Trinajstić information content (AvgIpc) is 2.38. The van der Waals surface area contributed by atoms with Gasteiger partial charge >= 0.3 is 0 Å². The molecule has 0 atom stereocenters. The summed E-state index contributed by atoms with van der Waals surface area (Å²) in [6.45, 7) is 0.294. The highest BCUT2D eigenvalue weighted by Gasteiger charge is 2.26. The van der Waals surface area contributed by atoms with Crippen LogP contribution in [0.5, 0.6) is 0 Å². The topological polar surface area (TPSA) is 113 Å². The molecule has 0 fully saturated rings. The number of nitro benzene ring substituents is 1. The van der Waals surface area contributed by atoms with Crippen LogP contribution >= 0.6 is 0 Å². The summed E-state index contributed by atoms with van der Waals surface area (Å²) in [4.78, 5) is 21.4. The maximum Gasteiger partial charge on any atom is 0.272 e. The second kappa shape index (κ2) is 5.72. The van der Waals surface area contributed by atoms with E-state index >= 15 is 0 Å². The summed E-state index contributed by atoms with van der Waals surface area (Å²) in [5.74, 6) is -1.93. The number of halogens is 1. The van der Waals surface area contributed by atoms with Gasteiger partial charge in [-0.3, -0.25) is 14.9 Å². The molecule has 1 aromatic rings. The van der Waals surface area contributed by atoms with E-state index in [-0.39, 0.29) is 0 Å². The number of aliphatic hydroxyl groups is 2. The molecule has 0 saturated heterocycles. The number of nitrogens with one attached hydrogen (secondary N) is 1. The molecule has 0 heterocycles. The van der Waals surface area contributed by atoms with Crippen LogP contribution in [0.15, 0.2) is 18.2 Å². The third-order valence-electron chi connectivity index (χ3n) is 2.52. The molecule has 1 amide bonds. The number of rotatable bonds is 5. The van der Waals surface area contributed by atoms with Crippen molar-refractivity contribution in [1.29, 1.82) is 0 Å². The van der Waals surface area contributed by atoms with Gasteiger partial charge in [0.05, 0.1) is 35.3 Å². The first-order chi connectivity index (χ1) is 8.83. The highest BCUT2D eigenvalue weighted by molar-refractivity contribution is 5.95. The van der Waals surface area contributed by atoms with Gasteiger partial charge in [0.25, 0.3) is 11.6 Å². The van der Waals surface area contributed by atoms with Gasteiger partial charge in [0.1, 0.15) is 5.82 Å². The van der Waals surface area contributed by atoms with Crippen LogP contribution in [0.3, 0.4) is 0 Å². The molecule has 19 heavy (non-hydrogen) atoms. The quantitative estimate of drug-likeness (QED) is 0.523. The summed E-state index contributed by atoms with van der Waals surface area (Å²) in [5, 5.41) is 30.7. The zero-order valence-corrected chi connectivity index (χ0v) is 10.1. The predicted molar refractivity (Wildman–Crippen MR) is 63.1 cm³/mol. The number of nitro groups is 1. The van der Waals surface area contributed by atoms with Crippen molar-refractivity contribution in [2.75, 3.05) is 13.2 Å².